The Bertz CT molecular complexity index is 711. The molecule has 1 aromatic carbocycles. The van der Waals surface area contributed by atoms with E-state index in [9.17, 15) is 13.6 Å². The molecule has 0 spiro atoms. The van der Waals surface area contributed by atoms with E-state index in [0.717, 1.165) is 19.3 Å². The summed E-state index contributed by atoms with van der Waals surface area (Å²) in [6, 6.07) is 9.11. The first-order valence-corrected chi connectivity index (χ1v) is 10.5. The van der Waals surface area contributed by atoms with Crippen molar-refractivity contribution in [1.29, 1.82) is 0 Å². The van der Waals surface area contributed by atoms with Crippen molar-refractivity contribution in [2.24, 2.45) is 17.1 Å². The summed E-state index contributed by atoms with van der Waals surface area (Å²) in [7, 11) is 0. The van der Waals surface area contributed by atoms with Crippen molar-refractivity contribution in [2.45, 2.75) is 65.6 Å². The van der Waals surface area contributed by atoms with Gasteiger partial charge in [-0.1, -0.05) is 50.8 Å². The smallest absolute Gasteiger partial charge is 0.306 e. The van der Waals surface area contributed by atoms with Gasteiger partial charge in [-0.2, -0.15) is 4.21 Å². The number of primary amides is 1. The van der Waals surface area contributed by atoms with Crippen LogP contribution in [0.4, 0.5) is 0 Å². The minimum absolute atomic E-state index is 0.126. The molecule has 28 heavy (non-hydrogen) atoms. The summed E-state index contributed by atoms with van der Waals surface area (Å²) >= 11 is -2.46. The second-order valence-corrected chi connectivity index (χ2v) is 7.85. The van der Waals surface area contributed by atoms with E-state index in [4.69, 9.17) is 8.92 Å². The van der Waals surface area contributed by atoms with Gasteiger partial charge in [-0.25, -0.2) is 4.18 Å². The predicted molar refractivity (Wildman–Crippen MR) is 110 cm³/mol. The van der Waals surface area contributed by atoms with Crippen LogP contribution >= 0.6 is 0 Å². The summed E-state index contributed by atoms with van der Waals surface area (Å²) < 4.78 is 31.6. The van der Waals surface area contributed by atoms with Crippen LogP contribution in [0.2, 0.25) is 0 Å². The molecule has 0 bridgehead atoms. The molecule has 0 aromatic heterocycles. The van der Waals surface area contributed by atoms with E-state index in [1.165, 1.54) is 13.3 Å². The van der Waals surface area contributed by atoms with Gasteiger partial charge in [-0.3, -0.25) is 9.35 Å². The standard InChI is InChI=1S/C19H26O4S.C2H5NO/c1-4-19(23-24(20)21,22-17-11-6-5-7-12-17)15-14-18(3)13-9-8-10-16(18)2;1-2(3)4/h5-7,11-12,16H,4,8-10,13H2,1-3H3,(H,20,21);1H3,(H2,3,4). The molecular weight excluding hydrogens is 378 g/mol. The highest BCUT2D eigenvalue weighted by Crippen LogP contribution is 2.40. The molecule has 1 aromatic rings. The fourth-order valence-corrected chi connectivity index (χ4v) is 3.43. The first kappa shape index (κ1) is 24.2. The molecule has 1 aliphatic carbocycles. The van der Waals surface area contributed by atoms with E-state index in [0.29, 0.717) is 18.1 Å². The fraction of sp³-hybridized carbons (Fsp3) is 0.571. The highest BCUT2D eigenvalue weighted by molar-refractivity contribution is 7.74. The van der Waals surface area contributed by atoms with Crippen molar-refractivity contribution in [3.8, 4) is 17.6 Å². The van der Waals surface area contributed by atoms with Crippen LogP contribution < -0.4 is 10.5 Å². The number of nitrogens with two attached hydrogens (primary N) is 1. The van der Waals surface area contributed by atoms with Crippen molar-refractivity contribution < 1.29 is 22.5 Å². The number of rotatable bonds is 5. The summed E-state index contributed by atoms with van der Waals surface area (Å²) in [6.07, 6.45) is 4.90. The monoisotopic (exact) mass is 409 g/mol. The van der Waals surface area contributed by atoms with Crippen molar-refractivity contribution >= 4 is 17.3 Å². The Morgan fingerprint density at radius 2 is 2.00 bits per heavy atom. The predicted octanol–water partition coefficient (Wildman–Crippen LogP) is 4.04. The molecule has 7 heteroatoms. The van der Waals surface area contributed by atoms with Crippen LogP contribution in [0.1, 0.15) is 59.8 Å². The topological polar surface area (TPSA) is 98.9 Å². The quantitative estimate of drug-likeness (QED) is 0.434. The lowest BCUT2D eigenvalue weighted by molar-refractivity contribution is -0.115. The zero-order valence-electron chi connectivity index (χ0n) is 17.1. The molecule has 3 N–H and O–H groups in total. The van der Waals surface area contributed by atoms with Gasteiger partial charge in [-0.05, 0) is 43.7 Å². The van der Waals surface area contributed by atoms with Gasteiger partial charge in [0.2, 0.25) is 5.91 Å². The van der Waals surface area contributed by atoms with E-state index < -0.39 is 17.1 Å². The number of hydrogen-bond donors (Lipinski definition) is 2. The minimum atomic E-state index is -2.46. The van der Waals surface area contributed by atoms with Gasteiger partial charge in [0, 0.05) is 18.8 Å². The normalized spacial score (nSPS) is 24.4. The van der Waals surface area contributed by atoms with Crippen molar-refractivity contribution in [3.63, 3.8) is 0 Å². The zero-order valence-corrected chi connectivity index (χ0v) is 17.9. The van der Waals surface area contributed by atoms with Gasteiger partial charge in [0.1, 0.15) is 5.75 Å². The van der Waals surface area contributed by atoms with Crippen LogP contribution in [0, 0.1) is 23.2 Å². The van der Waals surface area contributed by atoms with Gasteiger partial charge in [-0.15, -0.1) is 0 Å². The lowest BCUT2D eigenvalue weighted by Gasteiger charge is -2.36. The van der Waals surface area contributed by atoms with Crippen LogP contribution in [-0.4, -0.2) is 20.5 Å². The largest absolute Gasteiger partial charge is 0.450 e. The third kappa shape index (κ3) is 8.01. The van der Waals surface area contributed by atoms with Crippen LogP contribution in [0.15, 0.2) is 30.3 Å². The highest BCUT2D eigenvalue weighted by Gasteiger charge is 2.36. The molecule has 0 saturated heterocycles. The molecule has 4 unspecified atom stereocenters. The number of benzene rings is 1. The molecule has 0 radical (unpaired) electrons. The molecule has 1 aliphatic rings. The molecule has 0 heterocycles. The third-order valence-electron chi connectivity index (χ3n) is 4.91. The van der Waals surface area contributed by atoms with Crippen LogP contribution in [0.5, 0.6) is 5.75 Å². The number of amides is 1. The molecule has 1 fully saturated rings. The lowest BCUT2D eigenvalue weighted by Crippen LogP contribution is -2.38. The number of para-hydroxylation sites is 1. The Labute approximate surface area is 170 Å². The SMILES string of the molecule is CC(N)=O.CCC(C#CC1(C)CCCCC1C)(Oc1ccccc1)OS(=O)O. The number of ether oxygens (including phenoxy) is 1. The van der Waals surface area contributed by atoms with Crippen molar-refractivity contribution in [1.82, 2.24) is 0 Å². The van der Waals surface area contributed by atoms with Crippen molar-refractivity contribution in [2.75, 3.05) is 0 Å². The number of hydrogen-bond acceptors (Lipinski definition) is 4. The number of carbonyl (C=O) groups is 1. The van der Waals surface area contributed by atoms with Crippen LogP contribution in [0.3, 0.4) is 0 Å². The Kier molecular flexibility index (Phi) is 9.66. The molecule has 0 aliphatic heterocycles. The Balaban J connectivity index is 0.000000892. The molecule has 156 valence electrons. The molecule has 2 rings (SSSR count). The molecular formula is C21H31NO5S. The lowest BCUT2D eigenvalue weighted by atomic mass is 9.69. The van der Waals surface area contributed by atoms with E-state index in [-0.39, 0.29) is 11.3 Å². The molecule has 1 saturated carbocycles. The summed E-state index contributed by atoms with van der Waals surface area (Å²) in [5.41, 5.74) is 4.35. The Morgan fingerprint density at radius 1 is 1.39 bits per heavy atom. The average Bonchev–Trinajstić information content (AvgIpc) is 2.62. The van der Waals surface area contributed by atoms with Gasteiger partial charge in [0.05, 0.1) is 0 Å². The van der Waals surface area contributed by atoms with E-state index in [1.54, 1.807) is 12.1 Å². The average molecular weight is 410 g/mol. The van der Waals surface area contributed by atoms with Crippen LogP contribution in [0.25, 0.3) is 0 Å². The van der Waals surface area contributed by atoms with Gasteiger partial charge < -0.3 is 10.5 Å². The van der Waals surface area contributed by atoms with Crippen LogP contribution in [-0.2, 0) is 20.3 Å². The van der Waals surface area contributed by atoms with Gasteiger partial charge in [0.15, 0.2) is 0 Å². The fourth-order valence-electron chi connectivity index (χ4n) is 3.01. The minimum Gasteiger partial charge on any atom is -0.450 e. The van der Waals surface area contributed by atoms with Gasteiger partial charge in [0.25, 0.3) is 5.79 Å². The first-order chi connectivity index (χ1) is 13.1. The highest BCUT2D eigenvalue weighted by atomic mass is 32.2. The summed E-state index contributed by atoms with van der Waals surface area (Å²) in [5, 5.41) is 0. The Morgan fingerprint density at radius 3 is 2.50 bits per heavy atom. The molecule has 4 atom stereocenters. The number of carbonyl (C=O) groups excluding carboxylic acids is 1. The summed E-state index contributed by atoms with van der Waals surface area (Å²) in [4.78, 5) is 9.22. The van der Waals surface area contributed by atoms with E-state index in [1.807, 2.05) is 25.1 Å². The maximum Gasteiger partial charge on any atom is 0.306 e. The molecule has 1 amide bonds. The second kappa shape index (κ2) is 11.2. The van der Waals surface area contributed by atoms with Gasteiger partial charge >= 0.3 is 11.4 Å². The molecule has 6 nitrogen and oxygen atoms in total. The zero-order chi connectivity index (χ0) is 21.2. The summed E-state index contributed by atoms with van der Waals surface area (Å²) in [5.74, 6) is 5.65. The maximum atomic E-state index is 11.3. The maximum absolute atomic E-state index is 11.3. The first-order valence-electron chi connectivity index (χ1n) is 9.47. The van der Waals surface area contributed by atoms with E-state index >= 15 is 0 Å². The Hall–Kier alpha value is -1.88. The van der Waals surface area contributed by atoms with E-state index in [2.05, 4.69) is 31.4 Å². The second-order valence-electron chi connectivity index (χ2n) is 7.25. The third-order valence-corrected chi connectivity index (χ3v) is 5.32. The summed E-state index contributed by atoms with van der Waals surface area (Å²) in [6.45, 7) is 7.50. The van der Waals surface area contributed by atoms with Crippen molar-refractivity contribution in [3.05, 3.63) is 30.3 Å².